The molecule has 0 atom stereocenters. The van der Waals surface area contributed by atoms with Gasteiger partial charge in [0.1, 0.15) is 0 Å². The molecule has 0 amide bonds. The second-order valence-corrected chi connectivity index (χ2v) is 4.95. The molecule has 0 bridgehead atoms. The van der Waals surface area contributed by atoms with Crippen molar-refractivity contribution in [3.05, 3.63) is 63.9 Å². The maximum absolute atomic E-state index is 12.5. The van der Waals surface area contributed by atoms with Gasteiger partial charge in [-0.1, -0.05) is 24.3 Å². The van der Waals surface area contributed by atoms with Crippen molar-refractivity contribution in [2.45, 2.75) is 6.92 Å². The molecule has 0 N–H and O–H groups in total. The van der Waals surface area contributed by atoms with Gasteiger partial charge in [0, 0.05) is 5.56 Å². The molecule has 4 rings (SSSR count). The minimum absolute atomic E-state index is 0.296. The van der Waals surface area contributed by atoms with E-state index in [4.69, 9.17) is 0 Å². The quantitative estimate of drug-likeness (QED) is 0.489. The van der Waals surface area contributed by atoms with Crippen molar-refractivity contribution in [1.82, 2.24) is 9.55 Å². The number of hydrogen-bond donors (Lipinski definition) is 0. The minimum atomic E-state index is -0.300. The molecule has 0 spiro atoms. The summed E-state index contributed by atoms with van der Waals surface area (Å²) in [5.41, 5.74) is 2.62. The highest BCUT2D eigenvalue weighted by molar-refractivity contribution is 6.09. The van der Waals surface area contributed by atoms with Crippen molar-refractivity contribution in [3.63, 3.8) is 0 Å². The third-order valence-electron chi connectivity index (χ3n) is 3.63. The number of carbonyl (C=O) groups is 1. The average molecular weight is 262 g/mol. The summed E-state index contributed by atoms with van der Waals surface area (Å²) in [6.45, 7) is 1.95. The molecule has 20 heavy (non-hydrogen) atoms. The molecule has 4 heteroatoms. The molecule has 1 aliphatic heterocycles. The summed E-state index contributed by atoms with van der Waals surface area (Å²) in [4.78, 5) is 29.4. The van der Waals surface area contributed by atoms with E-state index in [0.717, 1.165) is 11.1 Å². The highest BCUT2D eigenvalue weighted by atomic mass is 16.2. The van der Waals surface area contributed by atoms with E-state index in [9.17, 15) is 9.59 Å². The molecule has 2 heterocycles. The number of rotatable bonds is 0. The first-order valence-electron chi connectivity index (χ1n) is 6.34. The fourth-order valence-electron chi connectivity index (χ4n) is 2.65. The van der Waals surface area contributed by atoms with E-state index in [2.05, 4.69) is 4.98 Å². The fourth-order valence-corrected chi connectivity index (χ4v) is 2.65. The number of aromatic nitrogens is 2. The van der Waals surface area contributed by atoms with E-state index in [1.54, 1.807) is 18.2 Å². The smallest absolute Gasteiger partial charge is 0.268 e. The number of benzene rings is 2. The van der Waals surface area contributed by atoms with E-state index in [-0.39, 0.29) is 11.5 Å². The first kappa shape index (κ1) is 11.1. The van der Waals surface area contributed by atoms with Crippen LogP contribution in [0, 0.1) is 6.92 Å². The lowest BCUT2D eigenvalue weighted by Crippen LogP contribution is -2.25. The Morgan fingerprint density at radius 2 is 1.75 bits per heavy atom. The van der Waals surface area contributed by atoms with Crippen molar-refractivity contribution in [2.75, 3.05) is 0 Å². The predicted octanol–water partition coefficient (Wildman–Crippen LogP) is 2.37. The maximum Gasteiger partial charge on any atom is 0.268 e. The highest BCUT2D eigenvalue weighted by Gasteiger charge is 2.29. The standard InChI is InChI=1S/C16H10N2O2/c1-9-6-7-12-13(8-9)17-14-10-4-2-3-5-11(10)15(19)18(14)16(12)20/h2-8H,1H3. The van der Waals surface area contributed by atoms with Gasteiger partial charge in [-0.25, -0.2) is 9.55 Å². The lowest BCUT2D eigenvalue weighted by molar-refractivity contribution is 0.0965. The number of hydrogen-bond acceptors (Lipinski definition) is 3. The highest BCUT2D eigenvalue weighted by Crippen LogP contribution is 2.29. The number of nitrogens with zero attached hydrogens (tertiary/aromatic N) is 2. The van der Waals surface area contributed by atoms with Crippen LogP contribution in [0.1, 0.15) is 15.9 Å². The maximum atomic E-state index is 12.5. The lowest BCUT2D eigenvalue weighted by Gasteiger charge is -2.04. The Bertz CT molecular complexity index is 954. The van der Waals surface area contributed by atoms with Crippen LogP contribution in [0.25, 0.3) is 22.3 Å². The summed E-state index contributed by atoms with van der Waals surface area (Å²) in [5, 5.41) is 0.473. The van der Waals surface area contributed by atoms with Crippen molar-refractivity contribution in [3.8, 4) is 11.4 Å². The van der Waals surface area contributed by atoms with Gasteiger partial charge in [-0.05, 0) is 30.7 Å². The predicted molar refractivity (Wildman–Crippen MR) is 75.9 cm³/mol. The minimum Gasteiger partial charge on any atom is -0.268 e. The zero-order valence-electron chi connectivity index (χ0n) is 10.8. The van der Waals surface area contributed by atoms with E-state index in [1.165, 1.54) is 4.57 Å². The molecule has 0 radical (unpaired) electrons. The number of carbonyl (C=O) groups excluding carboxylic acids is 1. The summed E-state index contributed by atoms with van der Waals surface area (Å²) in [6.07, 6.45) is 0. The molecule has 4 nitrogen and oxygen atoms in total. The summed E-state index contributed by atoms with van der Waals surface area (Å²) in [6, 6.07) is 12.6. The Hall–Kier alpha value is -2.75. The van der Waals surface area contributed by atoms with E-state index < -0.39 is 0 Å². The van der Waals surface area contributed by atoms with Gasteiger partial charge in [0.05, 0.1) is 16.5 Å². The molecule has 0 aliphatic carbocycles. The molecule has 2 aromatic carbocycles. The molecular formula is C16H10N2O2. The monoisotopic (exact) mass is 262 g/mol. The third-order valence-corrected chi connectivity index (χ3v) is 3.63. The Morgan fingerprint density at radius 1 is 1.00 bits per heavy atom. The van der Waals surface area contributed by atoms with Crippen LogP contribution in [0.3, 0.4) is 0 Å². The summed E-state index contributed by atoms with van der Waals surface area (Å²) in [7, 11) is 0. The van der Waals surface area contributed by atoms with Crippen molar-refractivity contribution >= 4 is 16.8 Å². The van der Waals surface area contributed by atoms with Gasteiger partial charge >= 0.3 is 0 Å². The lowest BCUT2D eigenvalue weighted by atomic mass is 10.1. The third kappa shape index (κ3) is 1.28. The first-order valence-corrected chi connectivity index (χ1v) is 6.34. The van der Waals surface area contributed by atoms with Gasteiger partial charge in [-0.15, -0.1) is 0 Å². The zero-order chi connectivity index (χ0) is 13.9. The van der Waals surface area contributed by atoms with Gasteiger partial charge in [-0.3, -0.25) is 9.59 Å². The van der Waals surface area contributed by atoms with E-state index in [1.807, 2.05) is 31.2 Å². The topological polar surface area (TPSA) is 52.0 Å². The zero-order valence-corrected chi connectivity index (χ0v) is 10.8. The second-order valence-electron chi connectivity index (χ2n) is 4.95. The van der Waals surface area contributed by atoms with Gasteiger partial charge in [-0.2, -0.15) is 0 Å². The van der Waals surface area contributed by atoms with E-state index in [0.29, 0.717) is 22.3 Å². The number of aryl methyl sites for hydroxylation is 1. The average Bonchev–Trinajstić information content (AvgIpc) is 2.73. The Labute approximate surface area is 114 Å². The Balaban J connectivity index is 2.20. The van der Waals surface area contributed by atoms with Gasteiger partial charge in [0.15, 0.2) is 5.82 Å². The summed E-state index contributed by atoms with van der Waals surface area (Å²) >= 11 is 0. The first-order chi connectivity index (χ1) is 9.66. The van der Waals surface area contributed by atoms with Crippen LogP contribution < -0.4 is 5.56 Å². The van der Waals surface area contributed by atoms with Gasteiger partial charge < -0.3 is 0 Å². The largest absolute Gasteiger partial charge is 0.268 e. The van der Waals surface area contributed by atoms with Crippen LogP contribution in [0.15, 0.2) is 47.3 Å². The summed E-state index contributed by atoms with van der Waals surface area (Å²) < 4.78 is 1.17. The van der Waals surface area contributed by atoms with Crippen LogP contribution in [-0.2, 0) is 0 Å². The van der Waals surface area contributed by atoms with Crippen LogP contribution in [-0.4, -0.2) is 15.5 Å². The van der Waals surface area contributed by atoms with Crippen LogP contribution in [0.4, 0.5) is 0 Å². The van der Waals surface area contributed by atoms with Crippen LogP contribution in [0.5, 0.6) is 0 Å². The SMILES string of the molecule is Cc1ccc2c(=O)n3c(nc2c1)-c1ccccc1C3=O. The van der Waals surface area contributed by atoms with Crippen LogP contribution in [0.2, 0.25) is 0 Å². The van der Waals surface area contributed by atoms with Crippen molar-refractivity contribution in [1.29, 1.82) is 0 Å². The molecule has 1 aromatic heterocycles. The van der Waals surface area contributed by atoms with E-state index >= 15 is 0 Å². The molecule has 0 fully saturated rings. The molecule has 0 unspecified atom stereocenters. The van der Waals surface area contributed by atoms with Crippen molar-refractivity contribution in [2.24, 2.45) is 0 Å². The molecular weight excluding hydrogens is 252 g/mol. The van der Waals surface area contributed by atoms with Gasteiger partial charge in [0.2, 0.25) is 0 Å². The Kier molecular flexibility index (Phi) is 2.02. The molecule has 0 saturated carbocycles. The molecule has 1 aliphatic rings. The second kappa shape index (κ2) is 3.63. The van der Waals surface area contributed by atoms with Crippen molar-refractivity contribution < 1.29 is 4.79 Å². The molecule has 96 valence electrons. The Morgan fingerprint density at radius 3 is 2.55 bits per heavy atom. The molecule has 0 saturated heterocycles. The fraction of sp³-hybridized carbons (Fsp3) is 0.0625. The number of fused-ring (bicyclic) bond motifs is 4. The van der Waals surface area contributed by atoms with Crippen LogP contribution >= 0.6 is 0 Å². The molecule has 3 aromatic rings. The van der Waals surface area contributed by atoms with Gasteiger partial charge in [0.25, 0.3) is 11.5 Å². The summed E-state index contributed by atoms with van der Waals surface area (Å²) in [5.74, 6) is 0.143. The normalized spacial score (nSPS) is 12.6.